The van der Waals surface area contributed by atoms with Crippen LogP contribution in [0.25, 0.3) is 11.0 Å². The summed E-state index contributed by atoms with van der Waals surface area (Å²) in [5.74, 6) is 1.42. The molecular formula is C20H30N4. The Kier molecular flexibility index (Phi) is 8.55. The molecule has 1 heterocycles. The number of hydrogen-bond donors (Lipinski definition) is 1. The molecule has 0 radical (unpaired) electrons. The number of nitrogens with zero attached hydrogens (tertiary/aromatic N) is 3. The van der Waals surface area contributed by atoms with Crippen molar-refractivity contribution in [2.75, 3.05) is 18.4 Å². The first-order valence-electron chi connectivity index (χ1n) is 8.58. The fourth-order valence-corrected chi connectivity index (χ4v) is 2.16. The van der Waals surface area contributed by atoms with Crippen molar-refractivity contribution < 1.29 is 0 Å². The minimum Gasteiger partial charge on any atom is -0.351 e. The highest BCUT2D eigenvalue weighted by atomic mass is 15.2. The Morgan fingerprint density at radius 2 is 2.04 bits per heavy atom. The number of nitrogens with one attached hydrogen (secondary N) is 1. The lowest BCUT2D eigenvalue weighted by atomic mass is 10.2. The molecule has 4 heteroatoms. The van der Waals surface area contributed by atoms with E-state index in [1.54, 1.807) is 6.08 Å². The molecule has 0 spiro atoms. The van der Waals surface area contributed by atoms with Gasteiger partial charge in [-0.3, -0.25) is 4.99 Å². The van der Waals surface area contributed by atoms with Crippen molar-refractivity contribution in [3.8, 4) is 0 Å². The third-order valence-corrected chi connectivity index (χ3v) is 3.30. The van der Waals surface area contributed by atoms with Gasteiger partial charge in [-0.15, -0.1) is 0 Å². The Labute approximate surface area is 146 Å². The highest BCUT2D eigenvalue weighted by molar-refractivity contribution is 5.81. The monoisotopic (exact) mass is 326 g/mol. The Bertz CT molecular complexity index is 693. The van der Waals surface area contributed by atoms with E-state index in [0.29, 0.717) is 12.5 Å². The quantitative estimate of drug-likeness (QED) is 0.584. The van der Waals surface area contributed by atoms with E-state index in [1.807, 2.05) is 51.4 Å². The van der Waals surface area contributed by atoms with Crippen LogP contribution in [0.5, 0.6) is 0 Å². The van der Waals surface area contributed by atoms with Crippen LogP contribution in [0, 0.1) is 5.92 Å². The van der Waals surface area contributed by atoms with Gasteiger partial charge in [0.25, 0.3) is 0 Å². The fraction of sp³-hybridized carbons (Fsp3) is 0.400. The summed E-state index contributed by atoms with van der Waals surface area (Å²) >= 11 is 0. The van der Waals surface area contributed by atoms with E-state index in [2.05, 4.69) is 46.4 Å². The number of anilines is 1. The molecule has 1 aromatic carbocycles. The normalized spacial score (nSPS) is 11.7. The SMILES string of the molecule is C=C/C=C(\C=NCC(C)C)CNc1nc2ccccc2n1C.CC. The van der Waals surface area contributed by atoms with Crippen LogP contribution in [0.3, 0.4) is 0 Å². The van der Waals surface area contributed by atoms with Gasteiger partial charge in [0, 0.05) is 26.4 Å². The second-order valence-electron chi connectivity index (χ2n) is 5.70. The average Bonchev–Trinajstić information content (AvgIpc) is 2.91. The van der Waals surface area contributed by atoms with Crippen LogP contribution >= 0.6 is 0 Å². The van der Waals surface area contributed by atoms with E-state index >= 15 is 0 Å². The molecule has 0 fully saturated rings. The molecule has 0 aliphatic carbocycles. The molecule has 0 aliphatic rings. The molecule has 1 aromatic heterocycles. The summed E-state index contributed by atoms with van der Waals surface area (Å²) in [6, 6.07) is 8.11. The number of imidazole rings is 1. The molecule has 0 saturated carbocycles. The first-order valence-corrected chi connectivity index (χ1v) is 8.58. The van der Waals surface area contributed by atoms with Crippen LogP contribution in [0.15, 0.2) is 53.6 Å². The van der Waals surface area contributed by atoms with Gasteiger partial charge in [0.05, 0.1) is 11.0 Å². The van der Waals surface area contributed by atoms with Crippen LogP contribution in [-0.2, 0) is 7.05 Å². The maximum atomic E-state index is 4.61. The molecule has 0 bridgehead atoms. The molecule has 130 valence electrons. The van der Waals surface area contributed by atoms with E-state index in [-0.39, 0.29) is 0 Å². The van der Waals surface area contributed by atoms with Crippen LogP contribution < -0.4 is 5.32 Å². The average molecular weight is 326 g/mol. The Balaban J connectivity index is 0.00000139. The number of benzene rings is 1. The standard InChI is InChI=1S/C18H24N4.C2H6/c1-5-8-15(12-19-11-14(2)3)13-20-18-21-16-9-6-7-10-17(16)22(18)4;1-2/h5-10,12,14H,1,11,13H2,2-4H3,(H,20,21);1-2H3/b15-8+,19-12?;. The Morgan fingerprint density at radius 1 is 1.33 bits per heavy atom. The predicted octanol–water partition coefficient (Wildman–Crippen LogP) is 4.85. The smallest absolute Gasteiger partial charge is 0.203 e. The predicted molar refractivity (Wildman–Crippen MR) is 107 cm³/mol. The van der Waals surface area contributed by atoms with E-state index in [0.717, 1.165) is 29.1 Å². The number of aryl methyl sites for hydroxylation is 1. The lowest BCUT2D eigenvalue weighted by Gasteiger charge is -2.07. The van der Waals surface area contributed by atoms with Crippen LogP contribution in [0.2, 0.25) is 0 Å². The van der Waals surface area contributed by atoms with E-state index in [4.69, 9.17) is 0 Å². The molecule has 4 nitrogen and oxygen atoms in total. The molecule has 2 rings (SSSR count). The third-order valence-electron chi connectivity index (χ3n) is 3.30. The molecular weight excluding hydrogens is 296 g/mol. The number of aromatic nitrogens is 2. The zero-order valence-corrected chi connectivity index (χ0v) is 15.6. The summed E-state index contributed by atoms with van der Waals surface area (Å²) in [7, 11) is 2.02. The molecule has 0 saturated heterocycles. The third kappa shape index (κ3) is 5.69. The second kappa shape index (κ2) is 10.4. The van der Waals surface area contributed by atoms with Crippen molar-refractivity contribution in [2.45, 2.75) is 27.7 Å². The van der Waals surface area contributed by atoms with Crippen LogP contribution in [0.1, 0.15) is 27.7 Å². The van der Waals surface area contributed by atoms with Gasteiger partial charge in [0.1, 0.15) is 0 Å². The summed E-state index contributed by atoms with van der Waals surface area (Å²) in [6.45, 7) is 13.6. The van der Waals surface area contributed by atoms with Crippen LogP contribution in [-0.4, -0.2) is 28.9 Å². The number of hydrogen-bond acceptors (Lipinski definition) is 3. The van der Waals surface area contributed by atoms with Gasteiger partial charge in [0.15, 0.2) is 0 Å². The van der Waals surface area contributed by atoms with Gasteiger partial charge in [-0.25, -0.2) is 4.98 Å². The zero-order chi connectivity index (χ0) is 17.9. The number of rotatable bonds is 7. The lowest BCUT2D eigenvalue weighted by molar-refractivity contribution is 0.667. The lowest BCUT2D eigenvalue weighted by Crippen LogP contribution is -2.10. The van der Waals surface area contributed by atoms with Gasteiger partial charge in [-0.1, -0.05) is 58.6 Å². The fourth-order valence-electron chi connectivity index (χ4n) is 2.16. The van der Waals surface area contributed by atoms with E-state index in [9.17, 15) is 0 Å². The van der Waals surface area contributed by atoms with Crippen molar-refractivity contribution in [1.82, 2.24) is 9.55 Å². The summed E-state index contributed by atoms with van der Waals surface area (Å²) in [5.41, 5.74) is 3.20. The van der Waals surface area contributed by atoms with Crippen LogP contribution in [0.4, 0.5) is 5.95 Å². The highest BCUT2D eigenvalue weighted by Crippen LogP contribution is 2.17. The van der Waals surface area contributed by atoms with E-state index in [1.165, 1.54) is 0 Å². The molecule has 2 aromatic rings. The van der Waals surface area contributed by atoms with Gasteiger partial charge in [0.2, 0.25) is 5.95 Å². The van der Waals surface area contributed by atoms with Crippen molar-refractivity contribution in [3.05, 3.63) is 48.6 Å². The minimum absolute atomic E-state index is 0.564. The molecule has 1 N–H and O–H groups in total. The summed E-state index contributed by atoms with van der Waals surface area (Å²) in [6.07, 6.45) is 5.67. The van der Waals surface area contributed by atoms with Crippen molar-refractivity contribution >= 4 is 23.2 Å². The molecule has 0 amide bonds. The topological polar surface area (TPSA) is 42.2 Å². The maximum absolute atomic E-state index is 4.61. The van der Waals surface area contributed by atoms with Crippen molar-refractivity contribution in [1.29, 1.82) is 0 Å². The summed E-state index contributed by atoms with van der Waals surface area (Å²) in [4.78, 5) is 9.07. The van der Waals surface area contributed by atoms with Gasteiger partial charge in [-0.2, -0.15) is 0 Å². The first kappa shape index (κ1) is 19.7. The zero-order valence-electron chi connectivity index (χ0n) is 15.6. The van der Waals surface area contributed by atoms with E-state index < -0.39 is 0 Å². The van der Waals surface area contributed by atoms with Crippen molar-refractivity contribution in [3.63, 3.8) is 0 Å². The highest BCUT2D eigenvalue weighted by Gasteiger charge is 2.06. The molecule has 0 aliphatic heterocycles. The first-order chi connectivity index (χ1) is 11.6. The Hall–Kier alpha value is -2.36. The summed E-state index contributed by atoms with van der Waals surface area (Å²) in [5, 5.41) is 3.37. The number of fused-ring (bicyclic) bond motifs is 1. The van der Waals surface area contributed by atoms with Crippen molar-refractivity contribution in [2.24, 2.45) is 18.0 Å². The second-order valence-corrected chi connectivity index (χ2v) is 5.70. The molecule has 0 atom stereocenters. The molecule has 24 heavy (non-hydrogen) atoms. The molecule has 0 unspecified atom stereocenters. The summed E-state index contributed by atoms with van der Waals surface area (Å²) < 4.78 is 2.06. The number of aliphatic imine (C=N–C) groups is 1. The Morgan fingerprint density at radius 3 is 2.67 bits per heavy atom. The van der Waals surface area contributed by atoms with Gasteiger partial charge in [-0.05, 0) is 23.6 Å². The minimum atomic E-state index is 0.564. The van der Waals surface area contributed by atoms with Gasteiger partial charge < -0.3 is 9.88 Å². The number of para-hydroxylation sites is 2. The number of allylic oxidation sites excluding steroid dienone is 2. The maximum Gasteiger partial charge on any atom is 0.203 e. The largest absolute Gasteiger partial charge is 0.351 e. The van der Waals surface area contributed by atoms with Gasteiger partial charge >= 0.3 is 0 Å².